The van der Waals surface area contributed by atoms with Crippen LogP contribution in [-0.4, -0.2) is 25.9 Å². The summed E-state index contributed by atoms with van der Waals surface area (Å²) in [7, 11) is 0. The van der Waals surface area contributed by atoms with Crippen LogP contribution >= 0.6 is 0 Å². The lowest BCUT2D eigenvalue weighted by atomic mass is 10.1. The number of aromatic nitrogens is 4. The molecule has 30 heavy (non-hydrogen) atoms. The average Bonchev–Trinajstić information content (AvgIpc) is 3.32. The van der Waals surface area contributed by atoms with Crippen molar-refractivity contribution in [2.75, 3.05) is 0 Å². The molecule has 2 aromatic heterocycles. The molecule has 0 radical (unpaired) electrons. The zero-order valence-corrected chi connectivity index (χ0v) is 17.1. The van der Waals surface area contributed by atoms with Crippen molar-refractivity contribution in [2.24, 2.45) is 0 Å². The molecule has 0 fully saturated rings. The summed E-state index contributed by atoms with van der Waals surface area (Å²) in [5.74, 6) is 0.260. The van der Waals surface area contributed by atoms with Gasteiger partial charge in [0.25, 0.3) is 5.89 Å². The zero-order chi connectivity index (χ0) is 21.1. The van der Waals surface area contributed by atoms with E-state index in [4.69, 9.17) is 9.26 Å². The Bertz CT molecular complexity index is 1180. The second kappa shape index (κ2) is 8.32. The maximum atomic E-state index is 12.7. The molecule has 2 heterocycles. The summed E-state index contributed by atoms with van der Waals surface area (Å²) in [6.45, 7) is 6.13. The molecule has 7 nitrogen and oxygen atoms in total. The highest BCUT2D eigenvalue weighted by atomic mass is 16.6. The molecule has 0 atom stereocenters. The number of benzene rings is 2. The third-order valence-electron chi connectivity index (χ3n) is 4.94. The van der Waals surface area contributed by atoms with Crippen LogP contribution in [0.3, 0.4) is 0 Å². The van der Waals surface area contributed by atoms with Gasteiger partial charge in [0.05, 0.1) is 17.9 Å². The van der Waals surface area contributed by atoms with E-state index in [1.807, 2.05) is 73.1 Å². The first-order valence-electron chi connectivity index (χ1n) is 9.66. The van der Waals surface area contributed by atoms with Crippen LogP contribution in [0.5, 0.6) is 0 Å². The molecule has 0 N–H and O–H groups in total. The third-order valence-corrected chi connectivity index (χ3v) is 4.94. The molecule has 2 aromatic carbocycles. The first-order chi connectivity index (χ1) is 14.5. The van der Waals surface area contributed by atoms with E-state index in [2.05, 4.69) is 15.2 Å². The fraction of sp³-hybridized carbons (Fsp3) is 0.217. The van der Waals surface area contributed by atoms with Crippen molar-refractivity contribution in [3.63, 3.8) is 0 Å². The molecule has 0 unspecified atom stereocenters. The minimum absolute atomic E-state index is 0.0968. The second-order valence-corrected chi connectivity index (χ2v) is 7.09. The molecule has 0 aliphatic heterocycles. The van der Waals surface area contributed by atoms with E-state index in [0.717, 1.165) is 22.4 Å². The molecule has 0 aliphatic carbocycles. The molecule has 4 rings (SSSR count). The Hall–Kier alpha value is -3.74. The molecule has 4 aromatic rings. The van der Waals surface area contributed by atoms with Gasteiger partial charge in [0.15, 0.2) is 6.61 Å². The summed E-state index contributed by atoms with van der Waals surface area (Å²) in [4.78, 5) is 17.0. The quantitative estimate of drug-likeness (QED) is 0.448. The summed E-state index contributed by atoms with van der Waals surface area (Å²) < 4.78 is 12.5. The fourth-order valence-corrected chi connectivity index (χ4v) is 3.35. The van der Waals surface area contributed by atoms with Gasteiger partial charge in [0.1, 0.15) is 5.56 Å². The summed E-state index contributed by atoms with van der Waals surface area (Å²) in [5.41, 5.74) is 4.88. The standard InChI is InChI=1S/C23H22N4O3/c1-15-9-7-8-12-19(15)22-24-20(30-26-22)14-29-23(28)21-16(2)25-27(17(21)3)13-18-10-5-4-6-11-18/h4-12H,13-14H2,1-3H3. The molecule has 152 valence electrons. The molecule has 0 aliphatic rings. The van der Waals surface area contributed by atoms with Gasteiger partial charge in [-0.3, -0.25) is 4.68 Å². The van der Waals surface area contributed by atoms with Gasteiger partial charge in [-0.25, -0.2) is 4.79 Å². The lowest BCUT2D eigenvalue weighted by Crippen LogP contribution is -2.09. The van der Waals surface area contributed by atoms with E-state index < -0.39 is 5.97 Å². The molecule has 0 saturated heterocycles. The van der Waals surface area contributed by atoms with Gasteiger partial charge >= 0.3 is 5.97 Å². The first-order valence-corrected chi connectivity index (χ1v) is 9.66. The van der Waals surface area contributed by atoms with E-state index in [1.54, 1.807) is 6.92 Å². The number of hydrogen-bond donors (Lipinski definition) is 0. The lowest BCUT2D eigenvalue weighted by Gasteiger charge is -2.05. The number of carbonyl (C=O) groups is 1. The normalized spacial score (nSPS) is 10.9. The van der Waals surface area contributed by atoms with Crippen LogP contribution in [-0.2, 0) is 17.9 Å². The topological polar surface area (TPSA) is 83.0 Å². The molecule has 7 heteroatoms. The second-order valence-electron chi connectivity index (χ2n) is 7.09. The smallest absolute Gasteiger partial charge is 0.342 e. The molecular weight excluding hydrogens is 380 g/mol. The number of aryl methyl sites for hydroxylation is 2. The summed E-state index contributed by atoms with van der Waals surface area (Å²) >= 11 is 0. The van der Waals surface area contributed by atoms with Gasteiger partial charge in [-0.05, 0) is 31.9 Å². The highest BCUT2D eigenvalue weighted by molar-refractivity contribution is 5.91. The van der Waals surface area contributed by atoms with Gasteiger partial charge < -0.3 is 9.26 Å². The zero-order valence-electron chi connectivity index (χ0n) is 17.1. The largest absolute Gasteiger partial charge is 0.452 e. The van der Waals surface area contributed by atoms with Gasteiger partial charge in [0.2, 0.25) is 5.82 Å². The van der Waals surface area contributed by atoms with Crippen LogP contribution in [0.4, 0.5) is 0 Å². The minimum Gasteiger partial charge on any atom is -0.452 e. The summed E-state index contributed by atoms with van der Waals surface area (Å²) in [6.07, 6.45) is 0. The van der Waals surface area contributed by atoms with Crippen LogP contribution in [0.15, 0.2) is 59.1 Å². The van der Waals surface area contributed by atoms with Gasteiger partial charge in [-0.1, -0.05) is 59.8 Å². The average molecular weight is 402 g/mol. The van der Waals surface area contributed by atoms with Crippen LogP contribution in [0.2, 0.25) is 0 Å². The maximum absolute atomic E-state index is 12.7. The predicted molar refractivity (Wildman–Crippen MR) is 111 cm³/mol. The first kappa shape index (κ1) is 19.6. The number of nitrogens with zero attached hydrogens (tertiary/aromatic N) is 4. The van der Waals surface area contributed by atoms with Crippen molar-refractivity contribution in [3.8, 4) is 11.4 Å². The number of ether oxygens (including phenoxy) is 1. The van der Waals surface area contributed by atoms with Crippen molar-refractivity contribution >= 4 is 5.97 Å². The van der Waals surface area contributed by atoms with Crippen molar-refractivity contribution in [1.29, 1.82) is 0 Å². The van der Waals surface area contributed by atoms with Crippen LogP contribution in [0, 0.1) is 20.8 Å². The highest BCUT2D eigenvalue weighted by Gasteiger charge is 2.21. The molecule has 0 saturated carbocycles. The Morgan fingerprint density at radius 1 is 1.03 bits per heavy atom. The van der Waals surface area contributed by atoms with Crippen LogP contribution < -0.4 is 0 Å². The Morgan fingerprint density at radius 3 is 2.53 bits per heavy atom. The Balaban J connectivity index is 1.45. The SMILES string of the molecule is Cc1ccccc1-c1noc(COC(=O)c2c(C)nn(Cc3ccccc3)c2C)n1. The number of hydrogen-bond acceptors (Lipinski definition) is 6. The molecule has 0 bridgehead atoms. The molecular formula is C23H22N4O3. The van der Waals surface area contributed by atoms with E-state index in [9.17, 15) is 4.79 Å². The lowest BCUT2D eigenvalue weighted by molar-refractivity contribution is 0.0428. The van der Waals surface area contributed by atoms with E-state index in [1.165, 1.54) is 0 Å². The molecule has 0 amide bonds. The van der Waals surface area contributed by atoms with E-state index in [0.29, 0.717) is 23.6 Å². The van der Waals surface area contributed by atoms with Crippen molar-refractivity contribution in [2.45, 2.75) is 33.9 Å². The Labute approximate surface area is 174 Å². The van der Waals surface area contributed by atoms with E-state index >= 15 is 0 Å². The number of esters is 1. The van der Waals surface area contributed by atoms with Crippen molar-refractivity contribution < 1.29 is 14.1 Å². The third kappa shape index (κ3) is 4.00. The Morgan fingerprint density at radius 2 is 1.77 bits per heavy atom. The summed E-state index contributed by atoms with van der Waals surface area (Å²) in [6, 6.07) is 17.7. The minimum atomic E-state index is -0.458. The number of rotatable bonds is 6. The van der Waals surface area contributed by atoms with E-state index in [-0.39, 0.29) is 12.5 Å². The highest BCUT2D eigenvalue weighted by Crippen LogP contribution is 2.21. The van der Waals surface area contributed by atoms with Gasteiger partial charge in [-0.15, -0.1) is 0 Å². The van der Waals surface area contributed by atoms with Crippen molar-refractivity contribution in [1.82, 2.24) is 19.9 Å². The van der Waals surface area contributed by atoms with Crippen molar-refractivity contribution in [3.05, 3.63) is 88.6 Å². The number of carbonyl (C=O) groups excluding carboxylic acids is 1. The predicted octanol–water partition coefficient (Wildman–Crippen LogP) is 4.26. The van der Waals surface area contributed by atoms with Gasteiger partial charge in [-0.2, -0.15) is 10.1 Å². The fourth-order valence-electron chi connectivity index (χ4n) is 3.35. The van der Waals surface area contributed by atoms with Gasteiger partial charge in [0, 0.05) is 5.56 Å². The Kier molecular flexibility index (Phi) is 5.43. The molecule has 0 spiro atoms. The van der Waals surface area contributed by atoms with Crippen LogP contribution in [0.1, 0.15) is 38.8 Å². The monoisotopic (exact) mass is 402 g/mol. The summed E-state index contributed by atoms with van der Waals surface area (Å²) in [5, 5.41) is 8.49. The maximum Gasteiger partial charge on any atom is 0.342 e. The van der Waals surface area contributed by atoms with Crippen LogP contribution in [0.25, 0.3) is 11.4 Å².